The highest BCUT2D eigenvalue weighted by atomic mass is 32.2. The number of ether oxygens (including phenoxy) is 1. The maximum atomic E-state index is 13.7. The van der Waals surface area contributed by atoms with Crippen molar-refractivity contribution >= 4 is 29.1 Å². The van der Waals surface area contributed by atoms with E-state index in [4.69, 9.17) is 10.3 Å². The molecule has 36 heavy (non-hydrogen) atoms. The van der Waals surface area contributed by atoms with Gasteiger partial charge in [0.2, 0.25) is 0 Å². The molecule has 0 spiro atoms. The van der Waals surface area contributed by atoms with Gasteiger partial charge in [-0.25, -0.2) is 33.1 Å². The lowest BCUT2D eigenvalue weighted by atomic mass is 10.1. The molecule has 2 fully saturated rings. The number of anilines is 2. The maximum absolute atomic E-state index is 13.7. The van der Waals surface area contributed by atoms with E-state index in [0.717, 1.165) is 18.2 Å². The Morgan fingerprint density at radius 3 is 2.58 bits per heavy atom. The zero-order chi connectivity index (χ0) is 25.8. The molecule has 0 amide bonds. The fourth-order valence-electron chi connectivity index (χ4n) is 4.30. The lowest BCUT2D eigenvalue weighted by Gasteiger charge is -2.18. The fourth-order valence-corrected chi connectivity index (χ4v) is 5.00. The molecule has 8 nitrogen and oxygen atoms in total. The first kappa shape index (κ1) is 26.6. The molecule has 5 atom stereocenters. The van der Waals surface area contributed by atoms with Crippen LogP contribution < -0.4 is 10.6 Å². The predicted molar refractivity (Wildman–Crippen MR) is 127 cm³/mol. The average molecular weight is 529 g/mol. The van der Waals surface area contributed by atoms with E-state index in [0.29, 0.717) is 23.0 Å². The van der Waals surface area contributed by atoms with E-state index < -0.39 is 36.9 Å². The van der Waals surface area contributed by atoms with Gasteiger partial charge in [0.1, 0.15) is 6.61 Å². The summed E-state index contributed by atoms with van der Waals surface area (Å²) in [7, 11) is 0. The summed E-state index contributed by atoms with van der Waals surface area (Å²) in [6, 6.07) is 3.40. The average Bonchev–Trinajstić information content (AvgIpc) is 3.51. The fraction of sp³-hybridized carbons (Fsp3) is 0.565. The zero-order valence-corrected chi connectivity index (χ0v) is 20.4. The van der Waals surface area contributed by atoms with Crippen molar-refractivity contribution in [2.24, 2.45) is 5.11 Å². The van der Waals surface area contributed by atoms with E-state index in [9.17, 15) is 22.7 Å². The number of thioether (sulfide) groups is 1. The van der Waals surface area contributed by atoms with Crippen LogP contribution in [0.25, 0.3) is 0 Å². The van der Waals surface area contributed by atoms with Gasteiger partial charge in [-0.05, 0) is 43.4 Å². The Balaban J connectivity index is 1.51. The number of halogens is 4. The van der Waals surface area contributed by atoms with E-state index >= 15 is 0 Å². The first-order valence-corrected chi connectivity index (χ1v) is 12.8. The Bertz CT molecular complexity index is 1080. The van der Waals surface area contributed by atoms with Crippen LogP contribution in [0.2, 0.25) is 0 Å². The Labute approximate surface area is 210 Å². The largest absolute Gasteiger partial charge is 0.390 e. The number of nitrogens with one attached hydrogen (secondary N) is 3. The molecule has 2 saturated carbocycles. The molecule has 2 aromatic rings. The van der Waals surface area contributed by atoms with Gasteiger partial charge in [-0.3, -0.25) is 0 Å². The maximum Gasteiger partial charge on any atom is 0.261 e. The van der Waals surface area contributed by atoms with Crippen LogP contribution in [-0.2, 0) is 4.74 Å². The molecular weight excluding hydrogens is 500 g/mol. The summed E-state index contributed by atoms with van der Waals surface area (Å²) >= 11 is 1.43. The number of aliphatic hydroxyl groups excluding tert-OH is 1. The van der Waals surface area contributed by atoms with Gasteiger partial charge in [-0.1, -0.05) is 24.8 Å². The van der Waals surface area contributed by atoms with Gasteiger partial charge in [-0.2, -0.15) is 5.11 Å². The Kier molecular flexibility index (Phi) is 8.62. The van der Waals surface area contributed by atoms with E-state index in [1.54, 1.807) is 6.07 Å². The smallest absolute Gasteiger partial charge is 0.261 e. The molecule has 13 heteroatoms. The Hall–Kier alpha value is -2.51. The molecule has 5 unspecified atom stereocenters. The molecule has 0 radical (unpaired) electrons. The molecule has 1 heterocycles. The van der Waals surface area contributed by atoms with Gasteiger partial charge in [-0.15, -0.1) is 0 Å². The van der Waals surface area contributed by atoms with Gasteiger partial charge in [0.15, 0.2) is 34.1 Å². The molecule has 196 valence electrons. The third-order valence-corrected chi connectivity index (χ3v) is 7.20. The lowest BCUT2D eigenvalue weighted by Crippen LogP contribution is -2.25. The topological polar surface area (TPSA) is 116 Å². The number of hydrogen-bond acceptors (Lipinski definition) is 9. The van der Waals surface area contributed by atoms with Gasteiger partial charge < -0.3 is 20.5 Å². The summed E-state index contributed by atoms with van der Waals surface area (Å²) < 4.78 is 57.1. The van der Waals surface area contributed by atoms with E-state index in [1.807, 2.05) is 6.92 Å². The number of aromatic nitrogens is 2. The summed E-state index contributed by atoms with van der Waals surface area (Å²) in [4.78, 5) is 9.04. The quantitative estimate of drug-likeness (QED) is 0.125. The number of hydrogen-bond donors (Lipinski definition) is 4. The van der Waals surface area contributed by atoms with Crippen LogP contribution in [0.1, 0.15) is 44.1 Å². The van der Waals surface area contributed by atoms with Crippen LogP contribution in [0.3, 0.4) is 0 Å². The van der Waals surface area contributed by atoms with E-state index in [2.05, 4.69) is 25.7 Å². The molecule has 4 rings (SSSR count). The van der Waals surface area contributed by atoms with Gasteiger partial charge in [0.05, 0.1) is 12.2 Å². The van der Waals surface area contributed by atoms with Crippen molar-refractivity contribution in [1.82, 2.24) is 9.97 Å². The van der Waals surface area contributed by atoms with Crippen molar-refractivity contribution < 1.29 is 27.4 Å². The van der Waals surface area contributed by atoms with Crippen LogP contribution in [0.5, 0.6) is 0 Å². The molecular formula is C23H28F4N6O2S. The van der Waals surface area contributed by atoms with Crippen molar-refractivity contribution in [3.63, 3.8) is 0 Å². The SMILES string of the molecule is CCCSc1nc(NC2CC(O)C(OCC(F)F)C2)c(N=N)c(NC2CC2c2ccc(F)c(F)c2)n1. The zero-order valence-electron chi connectivity index (χ0n) is 19.6. The van der Waals surface area contributed by atoms with Crippen molar-refractivity contribution in [3.05, 3.63) is 35.4 Å². The van der Waals surface area contributed by atoms with Gasteiger partial charge in [0, 0.05) is 23.8 Å². The van der Waals surface area contributed by atoms with Crippen LogP contribution >= 0.6 is 11.8 Å². The van der Waals surface area contributed by atoms with Crippen LogP contribution in [0, 0.1) is 17.2 Å². The lowest BCUT2D eigenvalue weighted by molar-refractivity contribution is -0.0615. The molecule has 4 N–H and O–H groups in total. The van der Waals surface area contributed by atoms with Crippen LogP contribution in [0.15, 0.2) is 28.5 Å². The Morgan fingerprint density at radius 1 is 1.17 bits per heavy atom. The summed E-state index contributed by atoms with van der Waals surface area (Å²) in [6.07, 6.45) is -2.15. The highest BCUT2D eigenvalue weighted by molar-refractivity contribution is 7.99. The summed E-state index contributed by atoms with van der Waals surface area (Å²) in [5.41, 5.74) is 8.57. The number of aliphatic hydroxyl groups is 1. The van der Waals surface area contributed by atoms with Crippen molar-refractivity contribution in [2.75, 3.05) is 23.0 Å². The van der Waals surface area contributed by atoms with E-state index in [-0.39, 0.29) is 42.3 Å². The second kappa shape index (κ2) is 11.7. The van der Waals surface area contributed by atoms with Gasteiger partial charge >= 0.3 is 0 Å². The van der Waals surface area contributed by atoms with Crippen molar-refractivity contribution in [3.8, 4) is 0 Å². The number of nitrogens with zero attached hydrogens (tertiary/aromatic N) is 3. The minimum Gasteiger partial charge on any atom is -0.390 e. The van der Waals surface area contributed by atoms with Crippen molar-refractivity contribution in [2.45, 2.75) is 74.4 Å². The number of alkyl halides is 2. The third-order valence-electron chi connectivity index (χ3n) is 6.14. The van der Waals surface area contributed by atoms with Crippen molar-refractivity contribution in [1.29, 1.82) is 5.53 Å². The number of rotatable bonds is 12. The second-order valence-corrected chi connectivity index (χ2v) is 9.98. The highest BCUT2D eigenvalue weighted by Gasteiger charge is 2.40. The summed E-state index contributed by atoms with van der Waals surface area (Å²) in [5, 5.41) is 20.8. The number of benzene rings is 1. The van der Waals surface area contributed by atoms with Gasteiger partial charge in [0.25, 0.3) is 6.43 Å². The summed E-state index contributed by atoms with van der Waals surface area (Å²) in [5.74, 6) is -0.459. The third kappa shape index (κ3) is 6.43. The minimum absolute atomic E-state index is 0.0467. The summed E-state index contributed by atoms with van der Waals surface area (Å²) in [6.45, 7) is 1.27. The first-order valence-electron chi connectivity index (χ1n) is 11.8. The molecule has 0 saturated heterocycles. The van der Waals surface area contributed by atoms with Crippen LogP contribution in [0.4, 0.5) is 34.9 Å². The molecule has 1 aromatic carbocycles. The predicted octanol–water partition coefficient (Wildman–Crippen LogP) is 5.47. The Morgan fingerprint density at radius 2 is 1.92 bits per heavy atom. The molecule has 2 aliphatic rings. The minimum atomic E-state index is -2.62. The molecule has 0 bridgehead atoms. The van der Waals surface area contributed by atoms with Crippen LogP contribution in [-0.4, -0.2) is 58.2 Å². The molecule has 1 aromatic heterocycles. The highest BCUT2D eigenvalue weighted by Crippen LogP contribution is 2.45. The standard InChI is InChI=1S/C23H28F4N6O2S/c1-2-5-36-23-31-21(29-12-7-17(34)18(8-12)35-10-19(26)27)20(33-28)22(32-23)30-16-9-13(16)11-3-4-14(24)15(25)6-11/h3-4,6,12-13,16-19,28,34H,2,5,7-10H2,1H3,(H2,29,30,31,32). The second-order valence-electron chi connectivity index (χ2n) is 8.92. The monoisotopic (exact) mass is 528 g/mol. The molecule has 0 aliphatic heterocycles. The first-order chi connectivity index (χ1) is 17.3. The van der Waals surface area contributed by atoms with E-state index in [1.165, 1.54) is 17.8 Å². The normalized spacial score (nSPS) is 25.2. The molecule has 2 aliphatic carbocycles.